The van der Waals surface area contributed by atoms with Crippen LogP contribution in [-0.4, -0.2) is 22.9 Å². The lowest BCUT2D eigenvalue weighted by Crippen LogP contribution is -2.22. The van der Waals surface area contributed by atoms with E-state index >= 15 is 0 Å². The van der Waals surface area contributed by atoms with Gasteiger partial charge in [0.2, 0.25) is 0 Å². The number of phenolic OH excluding ortho intramolecular Hbond substituents is 1. The van der Waals surface area contributed by atoms with E-state index in [0.717, 1.165) is 10.0 Å². The van der Waals surface area contributed by atoms with Gasteiger partial charge in [-0.15, -0.1) is 0 Å². The molecule has 0 heterocycles. The molecular formula is C18H20BrNO4. The van der Waals surface area contributed by atoms with Crippen molar-refractivity contribution in [2.75, 3.05) is 11.9 Å². The van der Waals surface area contributed by atoms with Gasteiger partial charge in [-0.2, -0.15) is 0 Å². The summed E-state index contributed by atoms with van der Waals surface area (Å²) >= 11 is 3.34. The van der Waals surface area contributed by atoms with Gasteiger partial charge in [0.1, 0.15) is 11.9 Å². The number of hydrogen-bond acceptors (Lipinski definition) is 4. The van der Waals surface area contributed by atoms with Crippen molar-refractivity contribution >= 4 is 27.7 Å². The summed E-state index contributed by atoms with van der Waals surface area (Å²) in [5.41, 5.74) is 1.39. The van der Waals surface area contributed by atoms with Crippen LogP contribution in [0.5, 0.6) is 5.75 Å². The van der Waals surface area contributed by atoms with E-state index < -0.39 is 12.2 Å². The largest absolute Gasteiger partial charge is 0.508 e. The van der Waals surface area contributed by atoms with Crippen LogP contribution < -0.4 is 5.32 Å². The second-order valence-electron chi connectivity index (χ2n) is 5.54. The monoisotopic (exact) mass is 393 g/mol. The number of anilines is 1. The van der Waals surface area contributed by atoms with E-state index in [2.05, 4.69) is 21.2 Å². The first-order chi connectivity index (χ1) is 11.5. The molecule has 24 heavy (non-hydrogen) atoms. The predicted molar refractivity (Wildman–Crippen MR) is 96.0 cm³/mol. The molecule has 0 aliphatic heterocycles. The molecule has 0 aromatic heterocycles. The Morgan fingerprint density at radius 2 is 1.79 bits per heavy atom. The van der Waals surface area contributed by atoms with Crippen molar-refractivity contribution in [2.45, 2.75) is 19.4 Å². The zero-order valence-electron chi connectivity index (χ0n) is 13.3. The zero-order valence-corrected chi connectivity index (χ0v) is 14.9. The summed E-state index contributed by atoms with van der Waals surface area (Å²) in [6, 6.07) is 13.7. The number of rotatable bonds is 6. The van der Waals surface area contributed by atoms with Crippen LogP contribution in [0.25, 0.3) is 0 Å². The van der Waals surface area contributed by atoms with Gasteiger partial charge in [-0.25, -0.2) is 4.79 Å². The Labute approximate surface area is 149 Å². The highest BCUT2D eigenvalue weighted by Gasteiger charge is 2.23. The van der Waals surface area contributed by atoms with Gasteiger partial charge in [-0.3, -0.25) is 5.32 Å². The maximum atomic E-state index is 12.2. The lowest BCUT2D eigenvalue weighted by Gasteiger charge is -2.24. The smallest absolute Gasteiger partial charge is 0.412 e. The molecule has 0 spiro atoms. The van der Waals surface area contributed by atoms with Crippen LogP contribution in [0, 0.1) is 5.92 Å². The molecule has 1 amide bonds. The topological polar surface area (TPSA) is 78.8 Å². The van der Waals surface area contributed by atoms with Gasteiger partial charge in [0.25, 0.3) is 0 Å². The highest BCUT2D eigenvalue weighted by molar-refractivity contribution is 9.10. The standard InChI is InChI=1S/C18H20BrNO4/c1-12(10-11-21)17(13-2-8-16(22)9-3-13)24-18(23)20-15-6-4-14(19)5-7-15/h2-9,12,17,21-22H,10-11H2,1H3,(H,20,23)/t12-,17+/m0/s1. The highest BCUT2D eigenvalue weighted by atomic mass is 79.9. The number of amides is 1. The third kappa shape index (κ3) is 5.25. The number of aromatic hydroxyl groups is 1. The lowest BCUT2D eigenvalue weighted by molar-refractivity contribution is 0.0667. The van der Waals surface area contributed by atoms with Crippen LogP contribution in [0.4, 0.5) is 10.5 Å². The van der Waals surface area contributed by atoms with Crippen LogP contribution in [-0.2, 0) is 4.74 Å². The van der Waals surface area contributed by atoms with Crippen LogP contribution in [0.1, 0.15) is 25.0 Å². The van der Waals surface area contributed by atoms with Crippen molar-refractivity contribution in [1.29, 1.82) is 0 Å². The van der Waals surface area contributed by atoms with Crippen molar-refractivity contribution in [2.24, 2.45) is 5.92 Å². The Kier molecular flexibility index (Phi) is 6.63. The third-order valence-electron chi connectivity index (χ3n) is 3.65. The molecule has 3 N–H and O–H groups in total. The average Bonchev–Trinajstić information content (AvgIpc) is 2.56. The summed E-state index contributed by atoms with van der Waals surface area (Å²) < 4.78 is 6.49. The molecule has 5 nitrogen and oxygen atoms in total. The number of aliphatic hydroxyl groups is 1. The normalized spacial score (nSPS) is 13.1. The molecule has 0 saturated heterocycles. The summed E-state index contributed by atoms with van der Waals surface area (Å²) in [5.74, 6) is 0.0711. The molecule has 0 aliphatic carbocycles. The van der Waals surface area contributed by atoms with Gasteiger partial charge in [-0.1, -0.05) is 35.0 Å². The quantitative estimate of drug-likeness (QED) is 0.676. The lowest BCUT2D eigenvalue weighted by atomic mass is 9.94. The zero-order chi connectivity index (χ0) is 17.5. The van der Waals surface area contributed by atoms with Gasteiger partial charge in [0.05, 0.1) is 0 Å². The van der Waals surface area contributed by atoms with Crippen molar-refractivity contribution in [3.05, 3.63) is 58.6 Å². The Bertz CT molecular complexity index is 658. The fraction of sp³-hybridized carbons (Fsp3) is 0.278. The van der Waals surface area contributed by atoms with Gasteiger partial charge in [-0.05, 0) is 54.3 Å². The minimum Gasteiger partial charge on any atom is -0.508 e. The molecular weight excluding hydrogens is 374 g/mol. The van der Waals surface area contributed by atoms with Crippen molar-refractivity contribution in [3.8, 4) is 5.75 Å². The van der Waals surface area contributed by atoms with Crippen LogP contribution >= 0.6 is 15.9 Å². The Morgan fingerprint density at radius 3 is 2.38 bits per heavy atom. The predicted octanol–water partition coefficient (Wildman–Crippen LogP) is 4.46. The van der Waals surface area contributed by atoms with Crippen LogP contribution in [0.15, 0.2) is 53.0 Å². The van der Waals surface area contributed by atoms with Gasteiger partial charge < -0.3 is 14.9 Å². The summed E-state index contributed by atoms with van der Waals surface area (Å²) in [5, 5.41) is 21.3. The fourth-order valence-electron chi connectivity index (χ4n) is 2.33. The summed E-state index contributed by atoms with van der Waals surface area (Å²) in [4.78, 5) is 12.2. The maximum absolute atomic E-state index is 12.2. The average molecular weight is 394 g/mol. The summed E-state index contributed by atoms with van der Waals surface area (Å²) in [6.45, 7) is 1.91. The maximum Gasteiger partial charge on any atom is 0.412 e. The van der Waals surface area contributed by atoms with E-state index in [0.29, 0.717) is 12.1 Å². The molecule has 0 bridgehead atoms. The molecule has 128 valence electrons. The van der Waals surface area contributed by atoms with Gasteiger partial charge in [0.15, 0.2) is 0 Å². The molecule has 2 atom stereocenters. The molecule has 0 saturated carbocycles. The number of halogens is 1. The highest BCUT2D eigenvalue weighted by Crippen LogP contribution is 2.30. The first-order valence-corrected chi connectivity index (χ1v) is 8.42. The number of phenols is 1. The number of benzene rings is 2. The molecule has 0 radical (unpaired) electrons. The Hall–Kier alpha value is -2.05. The van der Waals surface area contributed by atoms with E-state index in [1.54, 1.807) is 36.4 Å². The van der Waals surface area contributed by atoms with Gasteiger partial charge >= 0.3 is 6.09 Å². The SMILES string of the molecule is C[C@@H](CCO)[C@@H](OC(=O)Nc1ccc(Br)cc1)c1ccc(O)cc1. The van der Waals surface area contributed by atoms with Crippen molar-refractivity contribution < 1.29 is 19.7 Å². The summed E-state index contributed by atoms with van der Waals surface area (Å²) in [7, 11) is 0. The van der Waals surface area contributed by atoms with E-state index in [1.165, 1.54) is 0 Å². The molecule has 2 rings (SSSR count). The molecule has 2 aromatic rings. The Morgan fingerprint density at radius 1 is 1.17 bits per heavy atom. The second-order valence-corrected chi connectivity index (χ2v) is 6.45. The number of nitrogens with one attached hydrogen (secondary N) is 1. The van der Waals surface area contributed by atoms with Crippen molar-refractivity contribution in [1.82, 2.24) is 0 Å². The first-order valence-electron chi connectivity index (χ1n) is 7.62. The van der Waals surface area contributed by atoms with Gasteiger partial charge in [0, 0.05) is 16.8 Å². The van der Waals surface area contributed by atoms with E-state index in [1.807, 2.05) is 19.1 Å². The number of carbonyl (C=O) groups is 1. The summed E-state index contributed by atoms with van der Waals surface area (Å²) in [6.07, 6.45) is -0.592. The Balaban J connectivity index is 2.10. The molecule has 6 heteroatoms. The fourth-order valence-corrected chi connectivity index (χ4v) is 2.59. The number of hydrogen-bond donors (Lipinski definition) is 3. The second kappa shape index (κ2) is 8.70. The third-order valence-corrected chi connectivity index (χ3v) is 4.18. The van der Waals surface area contributed by atoms with E-state index in [9.17, 15) is 15.0 Å². The molecule has 2 aromatic carbocycles. The minimum atomic E-state index is -0.569. The first kappa shape index (κ1) is 18.3. The number of ether oxygens (including phenoxy) is 1. The number of carbonyl (C=O) groups excluding carboxylic acids is 1. The van der Waals surface area contributed by atoms with Crippen LogP contribution in [0.2, 0.25) is 0 Å². The number of aliphatic hydroxyl groups excluding tert-OH is 1. The van der Waals surface area contributed by atoms with E-state index in [-0.39, 0.29) is 18.3 Å². The minimum absolute atomic E-state index is 0.00738. The van der Waals surface area contributed by atoms with Crippen LogP contribution in [0.3, 0.4) is 0 Å². The molecule has 0 aliphatic rings. The van der Waals surface area contributed by atoms with Crippen molar-refractivity contribution in [3.63, 3.8) is 0 Å². The molecule has 0 unspecified atom stereocenters. The molecule has 0 fully saturated rings. The van der Waals surface area contributed by atoms with E-state index in [4.69, 9.17) is 4.74 Å².